The Morgan fingerprint density at radius 3 is 2.31 bits per heavy atom. The smallest absolute Gasteiger partial charge is 0.407 e. The molecule has 4 rings (SSSR count). The van der Waals surface area contributed by atoms with Gasteiger partial charge in [0.1, 0.15) is 13.2 Å². The van der Waals surface area contributed by atoms with Crippen molar-refractivity contribution in [2.24, 2.45) is 0 Å². The molecule has 0 fully saturated rings. The van der Waals surface area contributed by atoms with Crippen molar-refractivity contribution in [3.8, 4) is 16.9 Å². The van der Waals surface area contributed by atoms with E-state index in [1.165, 1.54) is 12.1 Å². The molecular formula is C24H22N2O6. The zero-order valence-electron chi connectivity index (χ0n) is 17.2. The molecule has 0 saturated carbocycles. The summed E-state index contributed by atoms with van der Waals surface area (Å²) in [6, 6.07) is 20.4. The van der Waals surface area contributed by atoms with Crippen LogP contribution in [-0.4, -0.2) is 35.9 Å². The number of hydrogen-bond acceptors (Lipinski definition) is 6. The Bertz CT molecular complexity index is 1100. The normalized spacial score (nSPS) is 12.0. The second kappa shape index (κ2) is 9.49. The first-order valence-corrected chi connectivity index (χ1v) is 10.2. The number of alkyl carbamates (subject to hydrolysis) is 1. The quantitative estimate of drug-likeness (QED) is 0.315. The zero-order valence-corrected chi connectivity index (χ0v) is 17.2. The minimum atomic E-state index is -0.583. The number of fused-ring (bicyclic) bond motifs is 3. The first kappa shape index (κ1) is 21.3. The fraction of sp³-hybridized carbons (Fsp3) is 0.208. The molecule has 1 amide bonds. The van der Waals surface area contributed by atoms with Crippen LogP contribution in [0.3, 0.4) is 0 Å². The van der Waals surface area contributed by atoms with Crippen molar-refractivity contribution < 1.29 is 24.3 Å². The molecule has 0 aromatic heterocycles. The summed E-state index contributed by atoms with van der Waals surface area (Å²) >= 11 is 0. The molecule has 3 aromatic rings. The van der Waals surface area contributed by atoms with Crippen LogP contribution in [0, 0.1) is 10.1 Å². The fourth-order valence-electron chi connectivity index (χ4n) is 3.89. The van der Waals surface area contributed by atoms with E-state index in [0.717, 1.165) is 22.3 Å². The van der Waals surface area contributed by atoms with Crippen LogP contribution < -0.4 is 10.1 Å². The lowest BCUT2D eigenvalue weighted by Crippen LogP contribution is -2.30. The minimum absolute atomic E-state index is 0.0305. The predicted molar refractivity (Wildman–Crippen MR) is 118 cm³/mol. The highest BCUT2D eigenvalue weighted by molar-refractivity contribution is 5.79. The number of ether oxygens (including phenoxy) is 2. The molecule has 0 unspecified atom stereocenters. The van der Waals surface area contributed by atoms with Crippen LogP contribution in [0.2, 0.25) is 0 Å². The first-order valence-electron chi connectivity index (χ1n) is 10.2. The molecule has 164 valence electrons. The zero-order chi connectivity index (χ0) is 22.5. The van der Waals surface area contributed by atoms with Gasteiger partial charge in [0.15, 0.2) is 5.75 Å². The lowest BCUT2D eigenvalue weighted by molar-refractivity contribution is -0.385. The van der Waals surface area contributed by atoms with Gasteiger partial charge in [-0.25, -0.2) is 4.79 Å². The summed E-state index contributed by atoms with van der Waals surface area (Å²) < 4.78 is 10.9. The highest BCUT2D eigenvalue weighted by Crippen LogP contribution is 2.44. The number of amides is 1. The number of nitro groups is 1. The van der Waals surface area contributed by atoms with Gasteiger partial charge < -0.3 is 19.9 Å². The molecule has 32 heavy (non-hydrogen) atoms. The van der Waals surface area contributed by atoms with Crippen LogP contribution in [0.4, 0.5) is 10.5 Å². The molecule has 2 N–H and O–H groups in total. The Labute approximate surface area is 184 Å². The van der Waals surface area contributed by atoms with E-state index in [-0.39, 0.29) is 43.7 Å². The van der Waals surface area contributed by atoms with Crippen molar-refractivity contribution in [2.75, 3.05) is 19.8 Å². The van der Waals surface area contributed by atoms with Gasteiger partial charge in [-0.1, -0.05) is 54.6 Å². The van der Waals surface area contributed by atoms with Crippen LogP contribution in [0.1, 0.15) is 22.6 Å². The summed E-state index contributed by atoms with van der Waals surface area (Å²) in [6.07, 6.45) is -0.583. The van der Waals surface area contributed by atoms with E-state index in [9.17, 15) is 14.9 Å². The first-order chi connectivity index (χ1) is 15.6. The largest absolute Gasteiger partial charge is 0.485 e. The van der Waals surface area contributed by atoms with E-state index in [0.29, 0.717) is 5.56 Å². The molecule has 1 aliphatic carbocycles. The third-order valence-electron chi connectivity index (χ3n) is 5.38. The van der Waals surface area contributed by atoms with Gasteiger partial charge in [-0.3, -0.25) is 10.1 Å². The topological polar surface area (TPSA) is 111 Å². The van der Waals surface area contributed by atoms with Crippen molar-refractivity contribution >= 4 is 11.8 Å². The maximum absolute atomic E-state index is 12.2. The van der Waals surface area contributed by atoms with Crippen molar-refractivity contribution in [1.82, 2.24) is 5.32 Å². The molecule has 0 atom stereocenters. The standard InChI is InChI=1S/C24H22N2O6/c27-14-16-9-10-23(22(13-16)26(29)30)31-12-11-25-24(28)32-15-21-19-7-3-1-5-17(19)18-6-2-4-8-20(18)21/h1-10,13,21,27H,11-12,14-15H2,(H,25,28). The Balaban J connectivity index is 1.29. The van der Waals surface area contributed by atoms with Gasteiger partial charge in [0.25, 0.3) is 0 Å². The maximum Gasteiger partial charge on any atom is 0.407 e. The van der Waals surface area contributed by atoms with Crippen molar-refractivity contribution in [1.29, 1.82) is 0 Å². The van der Waals surface area contributed by atoms with E-state index in [4.69, 9.17) is 14.6 Å². The average Bonchev–Trinajstić information content (AvgIpc) is 3.14. The SMILES string of the molecule is O=C(NCCOc1ccc(CO)cc1[N+](=O)[O-])OCC1c2ccccc2-c2ccccc21. The Hall–Kier alpha value is -3.91. The molecule has 0 aliphatic heterocycles. The van der Waals surface area contributed by atoms with Gasteiger partial charge in [-0.05, 0) is 33.9 Å². The van der Waals surface area contributed by atoms with Gasteiger partial charge in [-0.2, -0.15) is 0 Å². The molecule has 0 heterocycles. The number of nitro benzene ring substituents is 1. The van der Waals surface area contributed by atoms with Gasteiger partial charge in [0.05, 0.1) is 18.1 Å². The Kier molecular flexibility index (Phi) is 6.32. The van der Waals surface area contributed by atoms with Crippen molar-refractivity contribution in [3.63, 3.8) is 0 Å². The number of aliphatic hydroxyl groups excluding tert-OH is 1. The number of rotatable bonds is 8. The predicted octanol–water partition coefficient (Wildman–Crippen LogP) is 4.00. The second-order valence-electron chi connectivity index (χ2n) is 7.32. The molecule has 0 saturated heterocycles. The summed E-state index contributed by atoms with van der Waals surface area (Å²) in [5, 5.41) is 22.9. The molecule has 1 aliphatic rings. The summed E-state index contributed by atoms with van der Waals surface area (Å²) in [7, 11) is 0. The van der Waals surface area contributed by atoms with E-state index >= 15 is 0 Å². The third-order valence-corrected chi connectivity index (χ3v) is 5.38. The molecule has 0 bridgehead atoms. The third kappa shape index (κ3) is 4.40. The van der Waals surface area contributed by atoms with Crippen LogP contribution in [0.15, 0.2) is 66.7 Å². The molecule has 0 radical (unpaired) electrons. The van der Waals surface area contributed by atoms with Gasteiger partial charge >= 0.3 is 11.8 Å². The van der Waals surface area contributed by atoms with E-state index in [1.54, 1.807) is 6.07 Å². The monoisotopic (exact) mass is 434 g/mol. The Morgan fingerprint density at radius 2 is 1.69 bits per heavy atom. The van der Waals surface area contributed by atoms with Crippen LogP contribution in [0.25, 0.3) is 11.1 Å². The van der Waals surface area contributed by atoms with Gasteiger partial charge in [0.2, 0.25) is 0 Å². The number of nitrogens with one attached hydrogen (secondary N) is 1. The number of hydrogen-bond donors (Lipinski definition) is 2. The lowest BCUT2D eigenvalue weighted by Gasteiger charge is -2.14. The average molecular weight is 434 g/mol. The van der Waals surface area contributed by atoms with Crippen molar-refractivity contribution in [2.45, 2.75) is 12.5 Å². The van der Waals surface area contributed by atoms with E-state index in [1.807, 2.05) is 36.4 Å². The highest BCUT2D eigenvalue weighted by Gasteiger charge is 2.29. The van der Waals surface area contributed by atoms with E-state index < -0.39 is 11.0 Å². The number of benzene rings is 3. The number of nitrogens with zero attached hydrogens (tertiary/aromatic N) is 1. The van der Waals surface area contributed by atoms with Crippen LogP contribution in [-0.2, 0) is 11.3 Å². The Morgan fingerprint density at radius 1 is 1.03 bits per heavy atom. The molecule has 8 heteroatoms. The molecule has 0 spiro atoms. The second-order valence-corrected chi connectivity index (χ2v) is 7.32. The number of carbonyl (C=O) groups is 1. The van der Waals surface area contributed by atoms with Crippen LogP contribution in [0.5, 0.6) is 5.75 Å². The van der Waals surface area contributed by atoms with E-state index in [2.05, 4.69) is 17.4 Å². The summed E-state index contributed by atoms with van der Waals surface area (Å²) in [4.78, 5) is 22.8. The fourth-order valence-corrected chi connectivity index (χ4v) is 3.89. The maximum atomic E-state index is 12.2. The van der Waals surface area contributed by atoms with Gasteiger partial charge in [0, 0.05) is 12.0 Å². The minimum Gasteiger partial charge on any atom is -0.485 e. The summed E-state index contributed by atoms with van der Waals surface area (Å²) in [6.45, 7) is 0.0539. The molecular weight excluding hydrogens is 412 g/mol. The molecule has 8 nitrogen and oxygen atoms in total. The molecule has 3 aromatic carbocycles. The van der Waals surface area contributed by atoms with Gasteiger partial charge in [-0.15, -0.1) is 0 Å². The highest BCUT2D eigenvalue weighted by atomic mass is 16.6. The van der Waals surface area contributed by atoms with Crippen LogP contribution >= 0.6 is 0 Å². The van der Waals surface area contributed by atoms with Crippen molar-refractivity contribution in [3.05, 3.63) is 93.5 Å². The number of carbonyl (C=O) groups excluding carboxylic acids is 1. The number of aliphatic hydroxyl groups is 1. The lowest BCUT2D eigenvalue weighted by atomic mass is 9.98. The summed E-state index contributed by atoms with van der Waals surface area (Å²) in [5.41, 5.74) is 4.74. The summed E-state index contributed by atoms with van der Waals surface area (Å²) in [5.74, 6) is 0.0404.